The van der Waals surface area contributed by atoms with Crippen LogP contribution in [0.15, 0.2) is 71.8 Å². The van der Waals surface area contributed by atoms with Gasteiger partial charge in [0.1, 0.15) is 0 Å². The Morgan fingerprint density at radius 3 is 2.63 bits per heavy atom. The minimum Gasteiger partial charge on any atom is -0.267 e. The highest BCUT2D eigenvalue weighted by atomic mass is 16.2. The van der Waals surface area contributed by atoms with Gasteiger partial charge < -0.3 is 0 Å². The predicted octanol–water partition coefficient (Wildman–Crippen LogP) is 4.11. The lowest BCUT2D eigenvalue weighted by molar-refractivity contribution is 0.0956. The number of hydrogen-bond donors (Lipinski definition) is 1. The summed E-state index contributed by atoms with van der Waals surface area (Å²) in [5.74, 6) is -0.264. The number of nitrogens with zero attached hydrogens (tertiary/aromatic N) is 3. The molecule has 1 amide bonds. The Bertz CT molecular complexity index is 1170. The molecule has 4 rings (SSSR count). The molecular formula is C22H18N4O. The molecule has 27 heavy (non-hydrogen) atoms. The smallest absolute Gasteiger partial charge is 0.267 e. The molecule has 0 atom stereocenters. The number of fused-ring (bicyclic) bond motifs is 2. The fourth-order valence-electron chi connectivity index (χ4n) is 2.97. The topological polar surface area (TPSA) is 67.2 Å². The van der Waals surface area contributed by atoms with Gasteiger partial charge in [-0.3, -0.25) is 9.78 Å². The number of rotatable bonds is 4. The van der Waals surface area contributed by atoms with Gasteiger partial charge in [0.25, 0.3) is 5.91 Å². The highest BCUT2D eigenvalue weighted by molar-refractivity contribution is 6.06. The van der Waals surface area contributed by atoms with E-state index in [4.69, 9.17) is 0 Å². The van der Waals surface area contributed by atoms with Crippen molar-refractivity contribution < 1.29 is 4.79 Å². The first-order chi connectivity index (χ1) is 13.2. The van der Waals surface area contributed by atoms with Gasteiger partial charge in [0.05, 0.1) is 28.5 Å². The van der Waals surface area contributed by atoms with Crippen molar-refractivity contribution in [3.63, 3.8) is 0 Å². The third-order valence-corrected chi connectivity index (χ3v) is 4.36. The lowest BCUT2D eigenvalue weighted by Gasteiger charge is -2.07. The Labute approximate surface area is 156 Å². The average Bonchev–Trinajstić information content (AvgIpc) is 2.72. The van der Waals surface area contributed by atoms with E-state index in [2.05, 4.69) is 20.5 Å². The summed E-state index contributed by atoms with van der Waals surface area (Å²) in [6.45, 7) is 2.02. The van der Waals surface area contributed by atoms with Crippen molar-refractivity contribution in [1.82, 2.24) is 15.4 Å². The van der Waals surface area contributed by atoms with Crippen molar-refractivity contribution in [2.45, 2.75) is 13.3 Å². The van der Waals surface area contributed by atoms with Gasteiger partial charge >= 0.3 is 0 Å². The van der Waals surface area contributed by atoms with Gasteiger partial charge in [-0.15, -0.1) is 0 Å². The van der Waals surface area contributed by atoms with Crippen molar-refractivity contribution in [3.05, 3.63) is 83.7 Å². The second-order valence-electron chi connectivity index (χ2n) is 6.16. The van der Waals surface area contributed by atoms with E-state index < -0.39 is 0 Å². The van der Waals surface area contributed by atoms with E-state index in [1.54, 1.807) is 6.21 Å². The third kappa shape index (κ3) is 3.53. The summed E-state index contributed by atoms with van der Waals surface area (Å²) in [7, 11) is 0. The monoisotopic (exact) mass is 354 g/mol. The van der Waals surface area contributed by atoms with Crippen LogP contribution in [0.25, 0.3) is 21.8 Å². The van der Waals surface area contributed by atoms with E-state index in [-0.39, 0.29) is 5.91 Å². The van der Waals surface area contributed by atoms with Gasteiger partial charge in [-0.1, -0.05) is 49.4 Å². The van der Waals surface area contributed by atoms with Crippen molar-refractivity contribution >= 4 is 33.9 Å². The highest BCUT2D eigenvalue weighted by Gasteiger charge is 2.11. The van der Waals surface area contributed by atoms with E-state index in [0.29, 0.717) is 11.3 Å². The molecule has 0 aliphatic rings. The molecule has 132 valence electrons. The minimum atomic E-state index is -0.264. The fourth-order valence-corrected chi connectivity index (χ4v) is 2.97. The Hall–Kier alpha value is -3.60. The summed E-state index contributed by atoms with van der Waals surface area (Å²) in [6.07, 6.45) is 2.31. The van der Waals surface area contributed by atoms with Gasteiger partial charge in [0.2, 0.25) is 0 Å². The Morgan fingerprint density at radius 2 is 1.78 bits per heavy atom. The maximum Gasteiger partial charge on any atom is 0.272 e. The van der Waals surface area contributed by atoms with Gasteiger partial charge in [-0.2, -0.15) is 5.10 Å². The van der Waals surface area contributed by atoms with Crippen molar-refractivity contribution in [2.24, 2.45) is 5.10 Å². The average molecular weight is 354 g/mol. The fraction of sp³-hybridized carbons (Fsp3) is 0.0909. The van der Waals surface area contributed by atoms with E-state index in [1.807, 2.05) is 73.7 Å². The molecule has 0 aliphatic heterocycles. The van der Waals surface area contributed by atoms with E-state index in [1.165, 1.54) is 0 Å². The highest BCUT2D eigenvalue weighted by Crippen LogP contribution is 2.18. The number of nitrogens with one attached hydrogen (secondary N) is 1. The van der Waals surface area contributed by atoms with Crippen LogP contribution >= 0.6 is 0 Å². The summed E-state index contributed by atoms with van der Waals surface area (Å²) in [6, 6.07) is 21.2. The predicted molar refractivity (Wildman–Crippen MR) is 108 cm³/mol. The van der Waals surface area contributed by atoms with Crippen molar-refractivity contribution in [3.8, 4) is 0 Å². The second-order valence-corrected chi connectivity index (χ2v) is 6.16. The molecule has 5 nitrogen and oxygen atoms in total. The molecule has 0 radical (unpaired) electrons. The molecule has 2 heterocycles. The zero-order valence-electron chi connectivity index (χ0n) is 14.9. The number of hydrogen-bond acceptors (Lipinski definition) is 4. The largest absolute Gasteiger partial charge is 0.272 e. The molecule has 2 aromatic carbocycles. The second kappa shape index (κ2) is 7.33. The molecule has 0 unspecified atom stereocenters. The number of carbonyl (C=O) groups excluding carboxylic acids is 1. The number of pyridine rings is 2. The number of para-hydroxylation sites is 2. The summed E-state index contributed by atoms with van der Waals surface area (Å²) < 4.78 is 0. The maximum absolute atomic E-state index is 12.7. The van der Waals surface area contributed by atoms with Crippen molar-refractivity contribution in [2.75, 3.05) is 0 Å². The zero-order valence-corrected chi connectivity index (χ0v) is 14.9. The molecular weight excluding hydrogens is 336 g/mol. The molecule has 0 fully saturated rings. The zero-order chi connectivity index (χ0) is 18.6. The summed E-state index contributed by atoms with van der Waals surface area (Å²) in [5, 5.41) is 5.95. The van der Waals surface area contributed by atoms with E-state index in [9.17, 15) is 4.79 Å². The Kier molecular flexibility index (Phi) is 4.58. The van der Waals surface area contributed by atoms with Crippen LogP contribution in [-0.4, -0.2) is 22.1 Å². The molecule has 0 saturated carbocycles. The number of amides is 1. The van der Waals surface area contributed by atoms with E-state index in [0.717, 1.165) is 33.9 Å². The lowest BCUT2D eigenvalue weighted by Crippen LogP contribution is -2.18. The SMILES string of the molecule is CCc1cc(C(=O)N/N=C/c2ccc3ccccc3n2)c2ccccc2n1. The lowest BCUT2D eigenvalue weighted by atomic mass is 10.1. The Balaban J connectivity index is 1.58. The normalized spacial score (nSPS) is 11.3. The van der Waals surface area contributed by atoms with Crippen molar-refractivity contribution in [1.29, 1.82) is 0 Å². The Morgan fingerprint density at radius 1 is 1.00 bits per heavy atom. The number of aromatic nitrogens is 2. The number of benzene rings is 2. The van der Waals surface area contributed by atoms with Crippen LogP contribution < -0.4 is 5.43 Å². The molecule has 5 heteroatoms. The summed E-state index contributed by atoms with van der Waals surface area (Å²) in [4.78, 5) is 21.7. The molecule has 2 aromatic heterocycles. The van der Waals surface area contributed by atoms with Gasteiger partial charge in [0.15, 0.2) is 0 Å². The molecule has 4 aromatic rings. The summed E-state index contributed by atoms with van der Waals surface area (Å²) >= 11 is 0. The van der Waals surface area contributed by atoms with E-state index >= 15 is 0 Å². The molecule has 0 bridgehead atoms. The van der Waals surface area contributed by atoms with Gasteiger partial charge in [0, 0.05) is 16.5 Å². The first-order valence-corrected chi connectivity index (χ1v) is 8.82. The quantitative estimate of drug-likeness (QED) is 0.443. The molecule has 1 N–H and O–H groups in total. The van der Waals surface area contributed by atoms with Crippen LogP contribution in [0.2, 0.25) is 0 Å². The molecule has 0 spiro atoms. The summed E-state index contributed by atoms with van der Waals surface area (Å²) in [5.41, 5.74) is 6.43. The number of carbonyl (C=O) groups is 1. The standard InChI is InChI=1S/C22H18N4O/c1-2-16-13-19(18-8-4-6-10-21(18)24-16)22(27)26-23-14-17-12-11-15-7-3-5-9-20(15)25-17/h3-14H,2H2,1H3,(H,26,27)/b23-14+. The number of aryl methyl sites for hydroxylation is 1. The van der Waals surface area contributed by atoms with Crippen LogP contribution in [0.1, 0.15) is 28.7 Å². The number of hydrazone groups is 1. The van der Waals surface area contributed by atoms with Crippen LogP contribution in [0.5, 0.6) is 0 Å². The van der Waals surface area contributed by atoms with Crippen LogP contribution in [0.3, 0.4) is 0 Å². The van der Waals surface area contributed by atoms with Crippen LogP contribution in [0, 0.1) is 0 Å². The molecule has 0 aliphatic carbocycles. The van der Waals surface area contributed by atoms with Crippen LogP contribution in [-0.2, 0) is 6.42 Å². The minimum absolute atomic E-state index is 0.264. The first-order valence-electron chi connectivity index (χ1n) is 8.82. The molecule has 0 saturated heterocycles. The first kappa shape index (κ1) is 16.8. The van der Waals surface area contributed by atoms with Gasteiger partial charge in [-0.25, -0.2) is 10.4 Å². The van der Waals surface area contributed by atoms with Crippen LogP contribution in [0.4, 0.5) is 0 Å². The maximum atomic E-state index is 12.7. The third-order valence-electron chi connectivity index (χ3n) is 4.36. The van der Waals surface area contributed by atoms with Gasteiger partial charge in [-0.05, 0) is 30.7 Å².